The van der Waals surface area contributed by atoms with Crippen molar-refractivity contribution >= 4 is 34.1 Å². The number of para-hydroxylation sites is 1. The molecular weight excluding hydrogens is 316 g/mol. The molecular formula is C17H13ClN2O3. The molecule has 116 valence electrons. The van der Waals surface area contributed by atoms with Crippen molar-refractivity contribution in [3.8, 4) is 5.75 Å². The molecule has 0 bridgehead atoms. The molecule has 23 heavy (non-hydrogen) atoms. The molecule has 0 aliphatic heterocycles. The van der Waals surface area contributed by atoms with E-state index in [0.29, 0.717) is 32.9 Å². The fourth-order valence-corrected chi connectivity index (χ4v) is 2.59. The molecule has 0 aliphatic carbocycles. The van der Waals surface area contributed by atoms with Gasteiger partial charge in [-0.15, -0.1) is 0 Å². The number of aromatic nitrogens is 1. The minimum atomic E-state index is -0.381. The van der Waals surface area contributed by atoms with Crippen molar-refractivity contribution in [1.82, 2.24) is 4.98 Å². The van der Waals surface area contributed by atoms with Gasteiger partial charge in [-0.25, -0.2) is 0 Å². The van der Waals surface area contributed by atoms with Gasteiger partial charge in [0.1, 0.15) is 5.75 Å². The topological polar surface area (TPSA) is 71.2 Å². The first-order valence-electron chi connectivity index (χ1n) is 6.85. The molecule has 2 N–H and O–H groups in total. The van der Waals surface area contributed by atoms with Crippen LogP contribution in [0.3, 0.4) is 0 Å². The van der Waals surface area contributed by atoms with Crippen molar-refractivity contribution in [3.63, 3.8) is 0 Å². The molecule has 5 nitrogen and oxygen atoms in total. The van der Waals surface area contributed by atoms with E-state index in [1.54, 1.807) is 36.4 Å². The standard InChI is InChI=1S/C17H13ClN2O3/c1-23-15-7-6-10(8-13(15)18)19-17(22)12-9-16(21)20-14-5-3-2-4-11(12)14/h2-9H,1H3,(H,19,22)(H,20,21). The Labute approximate surface area is 136 Å². The SMILES string of the molecule is COc1ccc(NC(=O)c2cc(=O)[nH]c3ccccc23)cc1Cl. The molecule has 3 aromatic rings. The number of benzene rings is 2. The maximum atomic E-state index is 12.5. The van der Waals surface area contributed by atoms with Crippen LogP contribution in [0.5, 0.6) is 5.75 Å². The fraction of sp³-hybridized carbons (Fsp3) is 0.0588. The second-order valence-corrected chi connectivity index (χ2v) is 5.30. The van der Waals surface area contributed by atoms with Crippen molar-refractivity contribution < 1.29 is 9.53 Å². The van der Waals surface area contributed by atoms with E-state index in [2.05, 4.69) is 10.3 Å². The third kappa shape index (κ3) is 3.05. The molecule has 1 heterocycles. The highest BCUT2D eigenvalue weighted by Crippen LogP contribution is 2.27. The Balaban J connectivity index is 1.98. The summed E-state index contributed by atoms with van der Waals surface area (Å²) in [4.78, 5) is 26.9. The highest BCUT2D eigenvalue weighted by atomic mass is 35.5. The lowest BCUT2D eigenvalue weighted by Crippen LogP contribution is -2.16. The number of rotatable bonds is 3. The Morgan fingerprint density at radius 3 is 2.70 bits per heavy atom. The van der Waals surface area contributed by atoms with Crippen LogP contribution >= 0.6 is 11.6 Å². The fourth-order valence-electron chi connectivity index (χ4n) is 2.34. The van der Waals surface area contributed by atoms with Crippen molar-refractivity contribution in [2.45, 2.75) is 0 Å². The summed E-state index contributed by atoms with van der Waals surface area (Å²) in [5.41, 5.74) is 1.10. The third-order valence-electron chi connectivity index (χ3n) is 3.40. The van der Waals surface area contributed by atoms with Crippen molar-refractivity contribution in [2.24, 2.45) is 0 Å². The lowest BCUT2D eigenvalue weighted by Gasteiger charge is -2.09. The summed E-state index contributed by atoms with van der Waals surface area (Å²) in [5, 5.41) is 3.80. The van der Waals surface area contributed by atoms with E-state index in [1.807, 2.05) is 6.07 Å². The van der Waals surface area contributed by atoms with Crippen LogP contribution < -0.4 is 15.6 Å². The summed E-state index contributed by atoms with van der Waals surface area (Å²) in [6.45, 7) is 0. The van der Waals surface area contributed by atoms with Crippen LogP contribution in [-0.4, -0.2) is 18.0 Å². The van der Waals surface area contributed by atoms with Crippen LogP contribution in [0, 0.1) is 0 Å². The Morgan fingerprint density at radius 2 is 1.96 bits per heavy atom. The van der Waals surface area contributed by atoms with Gasteiger partial charge in [-0.2, -0.15) is 0 Å². The maximum absolute atomic E-state index is 12.5. The number of fused-ring (bicyclic) bond motifs is 1. The zero-order chi connectivity index (χ0) is 16.4. The second-order valence-electron chi connectivity index (χ2n) is 4.90. The number of pyridine rings is 1. The maximum Gasteiger partial charge on any atom is 0.256 e. The van der Waals surface area contributed by atoms with Crippen LogP contribution in [0.25, 0.3) is 10.9 Å². The Kier molecular flexibility index (Phi) is 4.04. The van der Waals surface area contributed by atoms with Gasteiger partial charge in [0.15, 0.2) is 0 Å². The number of anilines is 1. The molecule has 1 aromatic heterocycles. The van der Waals surface area contributed by atoms with E-state index in [-0.39, 0.29) is 11.5 Å². The lowest BCUT2D eigenvalue weighted by atomic mass is 10.1. The van der Waals surface area contributed by atoms with E-state index >= 15 is 0 Å². The highest BCUT2D eigenvalue weighted by Gasteiger charge is 2.12. The zero-order valence-corrected chi connectivity index (χ0v) is 13.0. The number of carbonyl (C=O) groups excluding carboxylic acids is 1. The molecule has 2 aromatic carbocycles. The molecule has 0 spiro atoms. The normalized spacial score (nSPS) is 10.5. The van der Waals surface area contributed by atoms with Gasteiger partial charge in [-0.05, 0) is 24.3 Å². The van der Waals surface area contributed by atoms with Crippen molar-refractivity contribution in [1.29, 1.82) is 0 Å². The van der Waals surface area contributed by atoms with Crippen LogP contribution in [0.1, 0.15) is 10.4 Å². The quantitative estimate of drug-likeness (QED) is 0.773. The highest BCUT2D eigenvalue weighted by molar-refractivity contribution is 6.32. The van der Waals surface area contributed by atoms with E-state index in [0.717, 1.165) is 0 Å². The number of ether oxygens (including phenoxy) is 1. The largest absolute Gasteiger partial charge is 0.495 e. The number of carbonyl (C=O) groups is 1. The lowest BCUT2D eigenvalue weighted by molar-refractivity contribution is 0.102. The number of hydrogen-bond donors (Lipinski definition) is 2. The Hall–Kier alpha value is -2.79. The van der Waals surface area contributed by atoms with E-state index in [9.17, 15) is 9.59 Å². The molecule has 1 amide bonds. The molecule has 0 atom stereocenters. The van der Waals surface area contributed by atoms with Gasteiger partial charge in [-0.1, -0.05) is 29.8 Å². The predicted octanol–water partition coefficient (Wildman–Crippen LogP) is 3.44. The number of methoxy groups -OCH3 is 1. The first kappa shape index (κ1) is 15.1. The summed E-state index contributed by atoms with van der Waals surface area (Å²) in [6, 6.07) is 13.3. The number of nitrogens with one attached hydrogen (secondary N) is 2. The Bertz CT molecular complexity index is 950. The number of halogens is 1. The predicted molar refractivity (Wildman–Crippen MR) is 90.5 cm³/mol. The average Bonchev–Trinajstić information content (AvgIpc) is 2.54. The monoisotopic (exact) mass is 328 g/mol. The van der Waals surface area contributed by atoms with Gasteiger partial charge in [0.2, 0.25) is 5.56 Å². The smallest absolute Gasteiger partial charge is 0.256 e. The van der Waals surface area contributed by atoms with E-state index in [4.69, 9.17) is 16.3 Å². The summed E-state index contributed by atoms with van der Waals surface area (Å²) in [6.07, 6.45) is 0. The molecule has 0 saturated heterocycles. The molecule has 0 aliphatic rings. The summed E-state index contributed by atoms with van der Waals surface area (Å²) >= 11 is 6.05. The van der Waals surface area contributed by atoms with Gasteiger partial charge in [0.05, 0.1) is 17.7 Å². The van der Waals surface area contributed by atoms with Gasteiger partial charge in [0, 0.05) is 22.7 Å². The van der Waals surface area contributed by atoms with Gasteiger partial charge < -0.3 is 15.0 Å². The van der Waals surface area contributed by atoms with Crippen LogP contribution in [0.2, 0.25) is 5.02 Å². The molecule has 6 heteroatoms. The first-order chi connectivity index (χ1) is 11.1. The number of amides is 1. The average molecular weight is 329 g/mol. The minimum Gasteiger partial charge on any atom is -0.495 e. The van der Waals surface area contributed by atoms with E-state index in [1.165, 1.54) is 13.2 Å². The summed E-state index contributed by atoms with van der Waals surface area (Å²) < 4.78 is 5.07. The Morgan fingerprint density at radius 1 is 1.17 bits per heavy atom. The molecule has 3 rings (SSSR count). The van der Waals surface area contributed by atoms with Crippen LogP contribution in [0.15, 0.2) is 53.3 Å². The van der Waals surface area contributed by atoms with Gasteiger partial charge in [-0.3, -0.25) is 9.59 Å². The molecule has 0 radical (unpaired) electrons. The molecule has 0 fully saturated rings. The number of H-pyrrole nitrogens is 1. The zero-order valence-electron chi connectivity index (χ0n) is 12.2. The number of hydrogen-bond acceptors (Lipinski definition) is 3. The summed E-state index contributed by atoms with van der Waals surface area (Å²) in [7, 11) is 1.52. The van der Waals surface area contributed by atoms with Crippen molar-refractivity contribution in [3.05, 3.63) is 69.5 Å². The van der Waals surface area contributed by atoms with Crippen LogP contribution in [-0.2, 0) is 0 Å². The van der Waals surface area contributed by atoms with Crippen LogP contribution in [0.4, 0.5) is 5.69 Å². The first-order valence-corrected chi connectivity index (χ1v) is 7.23. The second kappa shape index (κ2) is 6.14. The van der Waals surface area contributed by atoms with Gasteiger partial charge in [0.25, 0.3) is 5.91 Å². The number of aromatic amines is 1. The van der Waals surface area contributed by atoms with Gasteiger partial charge >= 0.3 is 0 Å². The molecule has 0 saturated carbocycles. The third-order valence-corrected chi connectivity index (χ3v) is 3.70. The van der Waals surface area contributed by atoms with E-state index < -0.39 is 0 Å². The minimum absolute atomic E-state index is 0.302. The van der Waals surface area contributed by atoms with Crippen molar-refractivity contribution in [2.75, 3.05) is 12.4 Å². The summed E-state index contributed by atoms with van der Waals surface area (Å²) in [5.74, 6) is 0.139. The molecule has 0 unspecified atom stereocenters.